The summed E-state index contributed by atoms with van der Waals surface area (Å²) in [7, 11) is 1.61. The zero-order valence-corrected chi connectivity index (χ0v) is 15.7. The molecule has 0 aliphatic rings. The fourth-order valence-electron chi connectivity index (χ4n) is 2.59. The molecule has 0 aliphatic heterocycles. The maximum absolute atomic E-state index is 13.7. The van der Waals surface area contributed by atoms with Crippen LogP contribution in [0, 0.1) is 5.82 Å². The normalized spacial score (nSPS) is 12.3. The van der Waals surface area contributed by atoms with E-state index in [0.29, 0.717) is 6.42 Å². The summed E-state index contributed by atoms with van der Waals surface area (Å²) >= 11 is 0. The molecule has 0 bridgehead atoms. The summed E-state index contributed by atoms with van der Waals surface area (Å²) in [5.74, 6) is 0.184. The van der Waals surface area contributed by atoms with Crippen molar-refractivity contribution >= 4 is 11.7 Å². The van der Waals surface area contributed by atoms with Crippen molar-refractivity contribution < 1.29 is 18.7 Å². The van der Waals surface area contributed by atoms with Crippen molar-refractivity contribution in [3.05, 3.63) is 59.9 Å². The molecule has 1 unspecified atom stereocenters. The summed E-state index contributed by atoms with van der Waals surface area (Å²) < 4.78 is 24.2. The lowest BCUT2D eigenvalue weighted by Gasteiger charge is -2.23. The highest BCUT2D eigenvalue weighted by Crippen LogP contribution is 2.26. The van der Waals surface area contributed by atoms with Crippen molar-refractivity contribution in [3.63, 3.8) is 0 Å². The molecule has 1 N–H and O–H groups in total. The van der Waals surface area contributed by atoms with Gasteiger partial charge in [0, 0.05) is 12.1 Å². The molecule has 2 rings (SSSR count). The average molecular weight is 359 g/mol. The highest BCUT2D eigenvalue weighted by atomic mass is 19.1. The molecule has 26 heavy (non-hydrogen) atoms. The Balaban J connectivity index is 2.12. The van der Waals surface area contributed by atoms with Gasteiger partial charge in [-0.15, -0.1) is 0 Å². The highest BCUT2D eigenvalue weighted by Gasteiger charge is 2.19. The SMILES string of the molecule is COc1ccc(NC(CCC(=O)OC(C)(C)C)c2cccc(F)c2)cc1. The van der Waals surface area contributed by atoms with E-state index < -0.39 is 5.60 Å². The fourth-order valence-corrected chi connectivity index (χ4v) is 2.59. The Kier molecular flexibility index (Phi) is 6.61. The van der Waals surface area contributed by atoms with Gasteiger partial charge in [0.05, 0.1) is 13.2 Å². The van der Waals surface area contributed by atoms with Crippen LogP contribution < -0.4 is 10.1 Å². The summed E-state index contributed by atoms with van der Waals surface area (Å²) in [5, 5.41) is 3.36. The molecule has 0 aromatic heterocycles. The second-order valence-electron chi connectivity index (χ2n) is 7.11. The molecule has 0 radical (unpaired) electrons. The van der Waals surface area contributed by atoms with E-state index in [2.05, 4.69) is 5.32 Å². The highest BCUT2D eigenvalue weighted by molar-refractivity contribution is 5.70. The summed E-state index contributed by atoms with van der Waals surface area (Å²) in [4.78, 5) is 12.1. The molecule has 0 fully saturated rings. The monoisotopic (exact) mass is 359 g/mol. The van der Waals surface area contributed by atoms with Crippen molar-refractivity contribution in [2.75, 3.05) is 12.4 Å². The predicted molar refractivity (Wildman–Crippen MR) is 101 cm³/mol. The molecule has 0 saturated carbocycles. The van der Waals surface area contributed by atoms with E-state index in [9.17, 15) is 9.18 Å². The van der Waals surface area contributed by atoms with Gasteiger partial charge in [0.1, 0.15) is 17.2 Å². The van der Waals surface area contributed by atoms with Crippen molar-refractivity contribution in [1.82, 2.24) is 0 Å². The summed E-state index contributed by atoms with van der Waals surface area (Å²) in [5.41, 5.74) is 1.13. The van der Waals surface area contributed by atoms with Crippen LogP contribution in [0.1, 0.15) is 45.2 Å². The molecule has 2 aromatic rings. The standard InChI is InChI=1S/C21H26FNO3/c1-21(2,3)26-20(24)13-12-19(15-6-5-7-16(22)14-15)23-17-8-10-18(25-4)11-9-17/h5-11,14,19,23H,12-13H2,1-4H3. The topological polar surface area (TPSA) is 47.6 Å². The van der Waals surface area contributed by atoms with Crippen LogP contribution in [-0.4, -0.2) is 18.7 Å². The number of hydrogen-bond acceptors (Lipinski definition) is 4. The number of methoxy groups -OCH3 is 1. The zero-order valence-electron chi connectivity index (χ0n) is 15.7. The van der Waals surface area contributed by atoms with Crippen molar-refractivity contribution in [2.45, 2.75) is 45.3 Å². The molecule has 0 spiro atoms. The van der Waals surface area contributed by atoms with E-state index in [4.69, 9.17) is 9.47 Å². The molecular formula is C21H26FNO3. The van der Waals surface area contributed by atoms with E-state index in [1.165, 1.54) is 12.1 Å². The molecule has 0 heterocycles. The lowest BCUT2D eigenvalue weighted by Crippen LogP contribution is -2.24. The van der Waals surface area contributed by atoms with Gasteiger partial charge in [-0.3, -0.25) is 4.79 Å². The number of ether oxygens (including phenoxy) is 2. The Morgan fingerprint density at radius 2 is 1.85 bits per heavy atom. The average Bonchev–Trinajstić information content (AvgIpc) is 2.57. The number of rotatable bonds is 7. The van der Waals surface area contributed by atoms with Gasteiger partial charge >= 0.3 is 5.97 Å². The first-order valence-corrected chi connectivity index (χ1v) is 8.65. The molecule has 5 heteroatoms. The van der Waals surface area contributed by atoms with E-state index >= 15 is 0 Å². The van der Waals surface area contributed by atoms with Crippen molar-refractivity contribution in [1.29, 1.82) is 0 Å². The van der Waals surface area contributed by atoms with Crippen LogP contribution in [0.2, 0.25) is 0 Å². The first kappa shape index (κ1) is 19.8. The minimum absolute atomic E-state index is 0.216. The third-order valence-corrected chi connectivity index (χ3v) is 3.74. The molecule has 1 atom stereocenters. The van der Waals surface area contributed by atoms with Gasteiger partial charge in [0.25, 0.3) is 0 Å². The lowest BCUT2D eigenvalue weighted by molar-refractivity contribution is -0.154. The molecule has 140 valence electrons. The van der Waals surface area contributed by atoms with Gasteiger partial charge in [0.2, 0.25) is 0 Å². The first-order chi connectivity index (χ1) is 12.3. The first-order valence-electron chi connectivity index (χ1n) is 8.65. The van der Waals surface area contributed by atoms with Gasteiger partial charge in [-0.25, -0.2) is 4.39 Å². The number of esters is 1. The van der Waals surface area contributed by atoms with Crippen LogP contribution in [0.5, 0.6) is 5.75 Å². The molecule has 0 amide bonds. The number of nitrogens with one attached hydrogen (secondary N) is 1. The third-order valence-electron chi connectivity index (χ3n) is 3.74. The van der Waals surface area contributed by atoms with Crippen LogP contribution in [0.15, 0.2) is 48.5 Å². The van der Waals surface area contributed by atoms with Gasteiger partial charge in [-0.1, -0.05) is 12.1 Å². The molecule has 2 aromatic carbocycles. The molecule has 0 aliphatic carbocycles. The van der Waals surface area contributed by atoms with Crippen LogP contribution >= 0.6 is 0 Å². The van der Waals surface area contributed by atoms with E-state index in [-0.39, 0.29) is 24.2 Å². The fraction of sp³-hybridized carbons (Fsp3) is 0.381. The quantitative estimate of drug-likeness (QED) is 0.698. The van der Waals surface area contributed by atoms with Crippen LogP contribution in [0.25, 0.3) is 0 Å². The second-order valence-corrected chi connectivity index (χ2v) is 7.11. The van der Waals surface area contributed by atoms with Crippen LogP contribution in [0.3, 0.4) is 0 Å². The Bertz CT molecular complexity index is 723. The second kappa shape index (κ2) is 8.70. The van der Waals surface area contributed by atoms with Crippen molar-refractivity contribution in [2.24, 2.45) is 0 Å². The summed E-state index contributed by atoms with van der Waals surface area (Å²) in [6, 6.07) is 13.7. The van der Waals surface area contributed by atoms with Gasteiger partial charge < -0.3 is 14.8 Å². The molecule has 0 saturated heterocycles. The number of anilines is 1. The van der Waals surface area contributed by atoms with Gasteiger partial charge in [-0.2, -0.15) is 0 Å². The minimum Gasteiger partial charge on any atom is -0.497 e. The molecular weight excluding hydrogens is 333 g/mol. The smallest absolute Gasteiger partial charge is 0.306 e. The number of carbonyl (C=O) groups is 1. The van der Waals surface area contributed by atoms with E-state index in [1.807, 2.05) is 51.1 Å². The van der Waals surface area contributed by atoms with Crippen LogP contribution in [0.4, 0.5) is 10.1 Å². The number of carbonyl (C=O) groups excluding carboxylic acids is 1. The predicted octanol–water partition coefficient (Wildman–Crippen LogP) is 5.11. The number of hydrogen-bond donors (Lipinski definition) is 1. The van der Waals surface area contributed by atoms with Gasteiger partial charge in [0.15, 0.2) is 0 Å². The Morgan fingerprint density at radius 3 is 2.42 bits per heavy atom. The third kappa shape index (κ3) is 6.39. The summed E-state index contributed by atoms with van der Waals surface area (Å²) in [6.45, 7) is 5.51. The number of benzene rings is 2. The minimum atomic E-state index is -0.519. The maximum Gasteiger partial charge on any atom is 0.306 e. The van der Waals surface area contributed by atoms with Crippen molar-refractivity contribution in [3.8, 4) is 5.75 Å². The number of halogens is 1. The Morgan fingerprint density at radius 1 is 1.15 bits per heavy atom. The van der Waals surface area contributed by atoms with Crippen LogP contribution in [-0.2, 0) is 9.53 Å². The Hall–Kier alpha value is -2.56. The maximum atomic E-state index is 13.7. The zero-order chi connectivity index (χ0) is 19.2. The summed E-state index contributed by atoms with van der Waals surface area (Å²) in [6.07, 6.45) is 0.728. The largest absolute Gasteiger partial charge is 0.497 e. The van der Waals surface area contributed by atoms with Gasteiger partial charge in [-0.05, 0) is 69.2 Å². The molecule has 4 nitrogen and oxygen atoms in total. The van der Waals surface area contributed by atoms with E-state index in [1.54, 1.807) is 13.2 Å². The Labute approximate surface area is 154 Å². The lowest BCUT2D eigenvalue weighted by atomic mass is 10.0. The van der Waals surface area contributed by atoms with E-state index in [0.717, 1.165) is 17.0 Å².